The normalized spacial score (nSPS) is 29.9. The minimum atomic E-state index is 0.666. The molecule has 104 valence electrons. The van der Waals surface area contributed by atoms with Crippen molar-refractivity contribution >= 4 is 31.9 Å². The average Bonchev–Trinajstić information content (AvgIpc) is 2.82. The number of rotatable bonds is 2. The quantitative estimate of drug-likeness (QED) is 0.639. The highest BCUT2D eigenvalue weighted by atomic mass is 79.9. The van der Waals surface area contributed by atoms with Crippen LogP contribution in [-0.2, 0) is 12.8 Å². The molecule has 3 rings (SSSR count). The first-order chi connectivity index (χ1) is 9.13. The summed E-state index contributed by atoms with van der Waals surface area (Å²) in [5, 5.41) is 0. The Bertz CT molecular complexity index is 472. The van der Waals surface area contributed by atoms with Crippen LogP contribution in [0.25, 0.3) is 0 Å². The van der Waals surface area contributed by atoms with Gasteiger partial charge in [-0.05, 0) is 60.8 Å². The van der Waals surface area contributed by atoms with Crippen LogP contribution in [0.2, 0.25) is 0 Å². The van der Waals surface area contributed by atoms with E-state index >= 15 is 0 Å². The highest BCUT2D eigenvalue weighted by Crippen LogP contribution is 2.40. The Hall–Kier alpha value is -0.0200. The first-order valence-electron chi connectivity index (χ1n) is 7.21. The summed E-state index contributed by atoms with van der Waals surface area (Å²) >= 11 is 7.53. The number of ether oxygens (including phenoxy) is 1. The first kappa shape index (κ1) is 13.9. The van der Waals surface area contributed by atoms with Gasteiger partial charge in [-0.1, -0.05) is 38.8 Å². The van der Waals surface area contributed by atoms with E-state index in [2.05, 4.69) is 50.9 Å². The molecule has 1 aliphatic heterocycles. The molecule has 0 spiro atoms. The van der Waals surface area contributed by atoms with Crippen LogP contribution in [0.5, 0.6) is 5.75 Å². The van der Waals surface area contributed by atoms with E-state index in [0.29, 0.717) is 4.83 Å². The van der Waals surface area contributed by atoms with Crippen LogP contribution < -0.4 is 4.74 Å². The number of hydrogen-bond donors (Lipinski definition) is 0. The standard InChI is InChI=1S/C16H20Br2O/c1-10-2-3-15(18)12(6-10)7-13-9-14(17)8-11-4-5-19-16(11)13/h8-10,12,15H,2-7H2,1H3. The van der Waals surface area contributed by atoms with Crippen LogP contribution in [0.15, 0.2) is 16.6 Å². The Kier molecular flexibility index (Phi) is 4.23. The molecule has 2 aliphatic rings. The maximum atomic E-state index is 5.85. The molecule has 1 aromatic rings. The zero-order chi connectivity index (χ0) is 13.4. The van der Waals surface area contributed by atoms with Crippen LogP contribution >= 0.6 is 31.9 Å². The summed E-state index contributed by atoms with van der Waals surface area (Å²) in [6, 6.07) is 4.46. The molecular weight excluding hydrogens is 368 g/mol. The van der Waals surface area contributed by atoms with Crippen LogP contribution in [0.3, 0.4) is 0 Å². The van der Waals surface area contributed by atoms with Crippen molar-refractivity contribution in [3.63, 3.8) is 0 Å². The van der Waals surface area contributed by atoms with Crippen LogP contribution in [0, 0.1) is 11.8 Å². The van der Waals surface area contributed by atoms with E-state index in [0.717, 1.165) is 31.3 Å². The molecule has 0 aromatic heterocycles. The Morgan fingerprint density at radius 2 is 2.16 bits per heavy atom. The van der Waals surface area contributed by atoms with Gasteiger partial charge in [-0.25, -0.2) is 0 Å². The summed E-state index contributed by atoms with van der Waals surface area (Å²) in [6.07, 6.45) is 6.20. The molecule has 0 N–H and O–H groups in total. The molecule has 0 amide bonds. The Balaban J connectivity index is 1.83. The van der Waals surface area contributed by atoms with Crippen molar-refractivity contribution in [2.45, 2.75) is 43.9 Å². The third kappa shape index (κ3) is 3.02. The van der Waals surface area contributed by atoms with Gasteiger partial charge in [0.25, 0.3) is 0 Å². The van der Waals surface area contributed by atoms with Gasteiger partial charge in [0.15, 0.2) is 0 Å². The highest BCUT2D eigenvalue weighted by Gasteiger charge is 2.28. The summed E-state index contributed by atoms with van der Waals surface area (Å²) in [7, 11) is 0. The molecule has 1 saturated carbocycles. The fourth-order valence-corrected chi connectivity index (χ4v) is 4.67. The largest absolute Gasteiger partial charge is 0.493 e. The Labute approximate surface area is 132 Å². The molecule has 1 aromatic carbocycles. The highest BCUT2D eigenvalue weighted by molar-refractivity contribution is 9.10. The minimum Gasteiger partial charge on any atom is -0.493 e. The van der Waals surface area contributed by atoms with Gasteiger partial charge in [0.05, 0.1) is 6.61 Å². The van der Waals surface area contributed by atoms with Gasteiger partial charge in [0.1, 0.15) is 5.75 Å². The van der Waals surface area contributed by atoms with E-state index < -0.39 is 0 Å². The molecule has 3 unspecified atom stereocenters. The molecule has 1 aliphatic carbocycles. The number of hydrogen-bond acceptors (Lipinski definition) is 1. The molecule has 0 radical (unpaired) electrons. The number of fused-ring (bicyclic) bond motifs is 1. The summed E-state index contributed by atoms with van der Waals surface area (Å²) in [6.45, 7) is 3.23. The number of alkyl halides is 1. The van der Waals surface area contributed by atoms with Gasteiger partial charge in [-0.2, -0.15) is 0 Å². The van der Waals surface area contributed by atoms with Crippen LogP contribution in [0.4, 0.5) is 0 Å². The molecule has 1 nitrogen and oxygen atoms in total. The lowest BCUT2D eigenvalue weighted by atomic mass is 9.79. The van der Waals surface area contributed by atoms with E-state index in [-0.39, 0.29) is 0 Å². The molecule has 3 atom stereocenters. The van der Waals surface area contributed by atoms with E-state index in [1.807, 2.05) is 0 Å². The van der Waals surface area contributed by atoms with Crippen LogP contribution in [-0.4, -0.2) is 11.4 Å². The van der Waals surface area contributed by atoms with Gasteiger partial charge in [-0.15, -0.1) is 0 Å². The van der Waals surface area contributed by atoms with Crippen molar-refractivity contribution in [3.8, 4) is 5.75 Å². The van der Waals surface area contributed by atoms with Crippen molar-refractivity contribution in [1.29, 1.82) is 0 Å². The smallest absolute Gasteiger partial charge is 0.125 e. The molecule has 0 bridgehead atoms. The zero-order valence-corrected chi connectivity index (χ0v) is 14.5. The minimum absolute atomic E-state index is 0.666. The third-order valence-corrected chi connectivity index (χ3v) is 6.12. The number of benzene rings is 1. The number of halogens is 2. The van der Waals surface area contributed by atoms with Gasteiger partial charge in [-0.3, -0.25) is 0 Å². The van der Waals surface area contributed by atoms with Crippen molar-refractivity contribution in [1.82, 2.24) is 0 Å². The van der Waals surface area contributed by atoms with Gasteiger partial charge < -0.3 is 4.74 Å². The average molecular weight is 388 g/mol. The van der Waals surface area contributed by atoms with Crippen molar-refractivity contribution in [2.24, 2.45) is 11.8 Å². The van der Waals surface area contributed by atoms with Gasteiger partial charge in [0, 0.05) is 15.7 Å². The summed E-state index contributed by atoms with van der Waals surface area (Å²) in [5.74, 6) is 2.77. The molecule has 19 heavy (non-hydrogen) atoms. The predicted molar refractivity (Wildman–Crippen MR) is 86.3 cm³/mol. The lowest BCUT2D eigenvalue weighted by Gasteiger charge is -2.32. The van der Waals surface area contributed by atoms with Crippen molar-refractivity contribution < 1.29 is 4.74 Å². The third-order valence-electron chi connectivity index (χ3n) is 4.46. The SMILES string of the molecule is CC1CCC(Br)C(Cc2cc(Br)cc3c2OCC3)C1. The topological polar surface area (TPSA) is 9.23 Å². The second-order valence-corrected chi connectivity index (χ2v) is 8.14. The zero-order valence-electron chi connectivity index (χ0n) is 11.3. The van der Waals surface area contributed by atoms with Crippen molar-refractivity contribution in [3.05, 3.63) is 27.7 Å². The Morgan fingerprint density at radius 3 is 3.00 bits per heavy atom. The van der Waals surface area contributed by atoms with E-state index in [4.69, 9.17) is 4.74 Å². The lowest BCUT2D eigenvalue weighted by Crippen LogP contribution is -2.25. The van der Waals surface area contributed by atoms with E-state index in [1.165, 1.54) is 40.6 Å². The summed E-state index contributed by atoms with van der Waals surface area (Å²) in [4.78, 5) is 0.666. The fraction of sp³-hybridized carbons (Fsp3) is 0.625. The molecule has 1 fully saturated rings. The maximum Gasteiger partial charge on any atom is 0.125 e. The van der Waals surface area contributed by atoms with Gasteiger partial charge in [0.2, 0.25) is 0 Å². The first-order valence-corrected chi connectivity index (χ1v) is 8.92. The Morgan fingerprint density at radius 1 is 1.32 bits per heavy atom. The van der Waals surface area contributed by atoms with Gasteiger partial charge >= 0.3 is 0 Å². The molecule has 1 heterocycles. The van der Waals surface area contributed by atoms with E-state index in [9.17, 15) is 0 Å². The monoisotopic (exact) mass is 386 g/mol. The molecule has 3 heteroatoms. The predicted octanol–water partition coefficient (Wildman–Crippen LogP) is 5.13. The summed E-state index contributed by atoms with van der Waals surface area (Å²) in [5.41, 5.74) is 2.77. The lowest BCUT2D eigenvalue weighted by molar-refractivity contribution is 0.290. The maximum absolute atomic E-state index is 5.85. The second kappa shape index (κ2) is 5.77. The molecule has 0 saturated heterocycles. The molecular formula is C16H20Br2O. The second-order valence-electron chi connectivity index (χ2n) is 6.05. The summed E-state index contributed by atoms with van der Waals surface area (Å²) < 4.78 is 7.05. The van der Waals surface area contributed by atoms with E-state index in [1.54, 1.807) is 0 Å². The fourth-order valence-electron chi connectivity index (χ4n) is 3.45. The van der Waals surface area contributed by atoms with Crippen molar-refractivity contribution in [2.75, 3.05) is 6.61 Å². The van der Waals surface area contributed by atoms with Crippen LogP contribution in [0.1, 0.15) is 37.3 Å².